The fourth-order valence-electron chi connectivity index (χ4n) is 2.10. The number of carbonyl (C=O) groups excluding carboxylic acids is 1. The van der Waals surface area contributed by atoms with E-state index >= 15 is 0 Å². The minimum absolute atomic E-state index is 0.283. The molecule has 3 N–H and O–H groups in total. The summed E-state index contributed by atoms with van der Waals surface area (Å²) in [6, 6.07) is 0. The van der Waals surface area contributed by atoms with E-state index in [9.17, 15) is 4.79 Å². The SMILES string of the molecule is CCCCCCC1(C)NC=CC=C1C(N)=O. The predicted octanol–water partition coefficient (Wildman–Crippen LogP) is 2.24. The number of nitrogens with one attached hydrogen (secondary N) is 1. The van der Waals surface area contributed by atoms with Crippen LogP contribution in [0.4, 0.5) is 0 Å². The first-order chi connectivity index (χ1) is 7.60. The Balaban J connectivity index is 2.57. The number of allylic oxidation sites excluding steroid dienone is 2. The lowest BCUT2D eigenvalue weighted by atomic mass is 9.84. The van der Waals surface area contributed by atoms with Crippen LogP contribution in [0.2, 0.25) is 0 Å². The lowest BCUT2D eigenvalue weighted by molar-refractivity contribution is -0.115. The highest BCUT2D eigenvalue weighted by Gasteiger charge is 2.31. The molecule has 0 aromatic rings. The van der Waals surface area contributed by atoms with Crippen LogP contribution in [0.5, 0.6) is 0 Å². The van der Waals surface area contributed by atoms with Gasteiger partial charge in [0.05, 0.1) is 5.54 Å². The molecule has 0 radical (unpaired) electrons. The highest BCUT2D eigenvalue weighted by molar-refractivity contribution is 5.94. The minimum atomic E-state index is -0.324. The molecule has 1 aliphatic heterocycles. The second-order valence-corrected chi connectivity index (χ2v) is 4.59. The van der Waals surface area contributed by atoms with Crippen LogP contribution in [0.3, 0.4) is 0 Å². The summed E-state index contributed by atoms with van der Waals surface area (Å²) in [7, 11) is 0. The molecule has 16 heavy (non-hydrogen) atoms. The third kappa shape index (κ3) is 3.12. The highest BCUT2D eigenvalue weighted by Crippen LogP contribution is 2.26. The Kier molecular flexibility index (Phi) is 4.59. The van der Waals surface area contributed by atoms with Crippen molar-refractivity contribution >= 4 is 5.91 Å². The van der Waals surface area contributed by atoms with Crippen molar-refractivity contribution in [2.24, 2.45) is 5.73 Å². The summed E-state index contributed by atoms with van der Waals surface area (Å²) in [6.07, 6.45) is 11.3. The van der Waals surface area contributed by atoms with E-state index in [1.54, 1.807) is 0 Å². The monoisotopic (exact) mass is 222 g/mol. The molecule has 1 amide bonds. The van der Waals surface area contributed by atoms with Gasteiger partial charge in [-0.2, -0.15) is 0 Å². The Bertz CT molecular complexity index is 307. The molecule has 1 aliphatic rings. The molecule has 1 atom stereocenters. The van der Waals surface area contributed by atoms with Crippen LogP contribution in [0, 0.1) is 0 Å². The number of hydrogen-bond donors (Lipinski definition) is 2. The van der Waals surface area contributed by atoms with Gasteiger partial charge in [0, 0.05) is 5.57 Å². The maximum absolute atomic E-state index is 11.3. The standard InChI is InChI=1S/C13H22N2O/c1-3-4-5-6-9-13(2)11(12(14)16)8-7-10-15-13/h7-8,10,15H,3-6,9H2,1-2H3,(H2,14,16). The predicted molar refractivity (Wildman–Crippen MR) is 66.7 cm³/mol. The van der Waals surface area contributed by atoms with Crippen molar-refractivity contribution < 1.29 is 4.79 Å². The van der Waals surface area contributed by atoms with Crippen molar-refractivity contribution in [2.75, 3.05) is 0 Å². The Hall–Kier alpha value is -1.25. The molecule has 0 aromatic heterocycles. The summed E-state index contributed by atoms with van der Waals surface area (Å²) in [5, 5.41) is 3.25. The van der Waals surface area contributed by atoms with E-state index < -0.39 is 0 Å². The van der Waals surface area contributed by atoms with Gasteiger partial charge in [-0.3, -0.25) is 4.79 Å². The van der Waals surface area contributed by atoms with Gasteiger partial charge in [-0.1, -0.05) is 32.6 Å². The van der Waals surface area contributed by atoms with Gasteiger partial charge in [0.2, 0.25) is 5.91 Å². The van der Waals surface area contributed by atoms with Crippen LogP contribution in [-0.4, -0.2) is 11.4 Å². The largest absolute Gasteiger partial charge is 0.381 e. The van der Waals surface area contributed by atoms with Crippen molar-refractivity contribution in [3.8, 4) is 0 Å². The summed E-state index contributed by atoms with van der Waals surface area (Å²) in [5.74, 6) is -0.324. The zero-order valence-corrected chi connectivity index (χ0v) is 10.3. The molecule has 3 nitrogen and oxygen atoms in total. The number of nitrogens with two attached hydrogens (primary N) is 1. The van der Waals surface area contributed by atoms with Gasteiger partial charge in [0.15, 0.2) is 0 Å². The van der Waals surface area contributed by atoms with E-state index in [0.717, 1.165) is 12.8 Å². The summed E-state index contributed by atoms with van der Waals surface area (Å²) in [6.45, 7) is 4.23. The van der Waals surface area contributed by atoms with E-state index in [4.69, 9.17) is 5.73 Å². The van der Waals surface area contributed by atoms with Gasteiger partial charge >= 0.3 is 0 Å². The van der Waals surface area contributed by atoms with Crippen molar-refractivity contribution in [1.82, 2.24) is 5.32 Å². The van der Waals surface area contributed by atoms with Crippen molar-refractivity contribution in [3.05, 3.63) is 23.9 Å². The van der Waals surface area contributed by atoms with Crippen LogP contribution in [0.25, 0.3) is 0 Å². The zero-order chi connectivity index (χ0) is 12.0. The van der Waals surface area contributed by atoms with E-state index in [0.29, 0.717) is 5.57 Å². The van der Waals surface area contributed by atoms with E-state index in [1.165, 1.54) is 19.3 Å². The van der Waals surface area contributed by atoms with Crippen molar-refractivity contribution in [3.63, 3.8) is 0 Å². The molecule has 0 bridgehead atoms. The lowest BCUT2D eigenvalue weighted by Crippen LogP contribution is -2.46. The van der Waals surface area contributed by atoms with E-state index in [2.05, 4.69) is 12.2 Å². The molecule has 90 valence electrons. The first kappa shape index (κ1) is 12.8. The molecular weight excluding hydrogens is 200 g/mol. The minimum Gasteiger partial charge on any atom is -0.381 e. The molecular formula is C13H22N2O. The normalized spacial score (nSPS) is 23.8. The third-order valence-electron chi connectivity index (χ3n) is 3.15. The Morgan fingerprint density at radius 1 is 1.44 bits per heavy atom. The topological polar surface area (TPSA) is 55.1 Å². The van der Waals surface area contributed by atoms with Crippen LogP contribution < -0.4 is 11.1 Å². The van der Waals surface area contributed by atoms with Gasteiger partial charge in [-0.15, -0.1) is 0 Å². The Labute approximate surface area is 97.8 Å². The summed E-state index contributed by atoms with van der Waals surface area (Å²) in [4.78, 5) is 11.3. The van der Waals surface area contributed by atoms with E-state index in [1.807, 2.05) is 25.3 Å². The Morgan fingerprint density at radius 3 is 2.81 bits per heavy atom. The smallest absolute Gasteiger partial charge is 0.246 e. The molecule has 1 rings (SSSR count). The number of hydrogen-bond acceptors (Lipinski definition) is 2. The number of dihydropyridines is 1. The molecule has 3 heteroatoms. The molecule has 1 unspecified atom stereocenters. The maximum Gasteiger partial charge on any atom is 0.246 e. The van der Waals surface area contributed by atoms with E-state index in [-0.39, 0.29) is 11.4 Å². The number of carbonyl (C=O) groups is 1. The molecule has 0 aliphatic carbocycles. The van der Waals surface area contributed by atoms with Gasteiger partial charge in [-0.05, 0) is 31.7 Å². The fraction of sp³-hybridized carbons (Fsp3) is 0.615. The van der Waals surface area contributed by atoms with Crippen LogP contribution in [0.15, 0.2) is 23.9 Å². The number of unbranched alkanes of at least 4 members (excludes halogenated alkanes) is 3. The number of rotatable bonds is 6. The summed E-state index contributed by atoms with van der Waals surface area (Å²) >= 11 is 0. The molecule has 1 heterocycles. The number of amides is 1. The summed E-state index contributed by atoms with van der Waals surface area (Å²) in [5.41, 5.74) is 5.80. The third-order valence-corrected chi connectivity index (χ3v) is 3.15. The first-order valence-electron chi connectivity index (χ1n) is 6.05. The average molecular weight is 222 g/mol. The van der Waals surface area contributed by atoms with Crippen LogP contribution >= 0.6 is 0 Å². The second-order valence-electron chi connectivity index (χ2n) is 4.59. The average Bonchev–Trinajstić information content (AvgIpc) is 2.25. The van der Waals surface area contributed by atoms with Crippen molar-refractivity contribution in [2.45, 2.75) is 51.5 Å². The molecule has 0 saturated carbocycles. The van der Waals surface area contributed by atoms with Crippen LogP contribution in [-0.2, 0) is 4.79 Å². The van der Waals surface area contributed by atoms with Gasteiger partial charge in [-0.25, -0.2) is 0 Å². The number of primary amides is 1. The Morgan fingerprint density at radius 2 is 2.19 bits per heavy atom. The van der Waals surface area contributed by atoms with Crippen LogP contribution in [0.1, 0.15) is 46.0 Å². The lowest BCUT2D eigenvalue weighted by Gasteiger charge is -2.33. The second kappa shape index (κ2) is 5.73. The van der Waals surface area contributed by atoms with Gasteiger partial charge < -0.3 is 11.1 Å². The molecule has 0 spiro atoms. The fourth-order valence-corrected chi connectivity index (χ4v) is 2.10. The molecule has 0 aromatic carbocycles. The molecule has 0 saturated heterocycles. The molecule has 0 fully saturated rings. The van der Waals surface area contributed by atoms with Gasteiger partial charge in [0.1, 0.15) is 0 Å². The maximum atomic E-state index is 11.3. The van der Waals surface area contributed by atoms with Gasteiger partial charge in [0.25, 0.3) is 0 Å². The summed E-state index contributed by atoms with van der Waals surface area (Å²) < 4.78 is 0. The van der Waals surface area contributed by atoms with Crippen molar-refractivity contribution in [1.29, 1.82) is 0 Å². The quantitative estimate of drug-likeness (QED) is 0.677. The first-order valence-corrected chi connectivity index (χ1v) is 6.05. The highest BCUT2D eigenvalue weighted by atomic mass is 16.1. The zero-order valence-electron chi connectivity index (χ0n) is 10.3.